The third kappa shape index (κ3) is 6.35. The van der Waals surface area contributed by atoms with E-state index in [2.05, 4.69) is 21.2 Å². The molecule has 1 atom stereocenters. The van der Waals surface area contributed by atoms with Gasteiger partial charge in [0.05, 0.1) is 24.8 Å². The molecule has 0 spiro atoms. The van der Waals surface area contributed by atoms with E-state index in [0.29, 0.717) is 21.9 Å². The maximum atomic E-state index is 13.6. The van der Waals surface area contributed by atoms with Crippen molar-refractivity contribution in [2.45, 2.75) is 25.9 Å². The summed E-state index contributed by atoms with van der Waals surface area (Å²) >= 11 is 3.27. The van der Waals surface area contributed by atoms with Crippen molar-refractivity contribution in [1.29, 1.82) is 0 Å². The summed E-state index contributed by atoms with van der Waals surface area (Å²) in [6.45, 7) is 1.30. The smallest absolute Gasteiger partial charge is 0.307 e. The van der Waals surface area contributed by atoms with Crippen molar-refractivity contribution in [3.8, 4) is 5.75 Å². The van der Waals surface area contributed by atoms with Crippen LogP contribution in [0.2, 0.25) is 0 Å². The van der Waals surface area contributed by atoms with Crippen molar-refractivity contribution in [2.75, 3.05) is 12.4 Å². The zero-order chi connectivity index (χ0) is 21.6. The Morgan fingerprint density at radius 3 is 2.48 bits per heavy atom. The average molecular weight is 470 g/mol. The van der Waals surface area contributed by atoms with E-state index in [9.17, 15) is 23.2 Å². The molecule has 0 heterocycles. The molecule has 0 aliphatic rings. The Labute approximate surface area is 174 Å². The van der Waals surface area contributed by atoms with Crippen molar-refractivity contribution < 1.29 is 32.6 Å². The van der Waals surface area contributed by atoms with Crippen LogP contribution in [-0.2, 0) is 14.3 Å². The van der Waals surface area contributed by atoms with Crippen molar-refractivity contribution >= 4 is 39.3 Å². The molecule has 0 fully saturated rings. The van der Waals surface area contributed by atoms with Crippen LogP contribution in [0, 0.1) is 11.6 Å². The van der Waals surface area contributed by atoms with Crippen LogP contribution in [0.1, 0.15) is 30.1 Å². The number of carbonyl (C=O) groups excluding carboxylic acids is 3. The number of benzene rings is 2. The minimum atomic E-state index is -1.23. The number of methoxy groups -OCH3 is 1. The van der Waals surface area contributed by atoms with Crippen LogP contribution in [0.25, 0.3) is 0 Å². The summed E-state index contributed by atoms with van der Waals surface area (Å²) in [5.41, 5.74) is 0.0727. The predicted molar refractivity (Wildman–Crippen MR) is 105 cm³/mol. The first-order chi connectivity index (χ1) is 13.7. The van der Waals surface area contributed by atoms with Crippen molar-refractivity contribution in [1.82, 2.24) is 0 Å². The van der Waals surface area contributed by atoms with Crippen LogP contribution in [0.5, 0.6) is 5.75 Å². The summed E-state index contributed by atoms with van der Waals surface area (Å²) in [5, 5.41) is 2.21. The molecule has 2 aromatic carbocycles. The first-order valence-corrected chi connectivity index (χ1v) is 9.32. The molecule has 1 N–H and O–H groups in total. The maximum Gasteiger partial charge on any atom is 0.307 e. The molecule has 1 amide bonds. The van der Waals surface area contributed by atoms with Gasteiger partial charge < -0.3 is 14.8 Å². The second-order valence-electron chi connectivity index (χ2n) is 6.01. The molecule has 9 heteroatoms. The van der Waals surface area contributed by atoms with E-state index in [1.165, 1.54) is 14.0 Å². The second-order valence-corrected chi connectivity index (χ2v) is 6.93. The van der Waals surface area contributed by atoms with Gasteiger partial charge in [0.15, 0.2) is 11.9 Å². The molecule has 0 aliphatic carbocycles. The van der Waals surface area contributed by atoms with Crippen molar-refractivity contribution in [3.63, 3.8) is 0 Å². The molecule has 0 aliphatic heterocycles. The summed E-state index contributed by atoms with van der Waals surface area (Å²) in [7, 11) is 1.43. The molecule has 6 nitrogen and oxygen atoms in total. The lowest BCUT2D eigenvalue weighted by Crippen LogP contribution is -2.30. The molecule has 2 rings (SSSR count). The fourth-order valence-corrected chi connectivity index (χ4v) is 2.74. The Kier molecular flexibility index (Phi) is 7.83. The minimum absolute atomic E-state index is 0.146. The number of Topliss-reactive ketones (excluding diaryl/α,β-unsaturated/α-hetero) is 1. The molecule has 0 saturated heterocycles. The molecule has 0 bridgehead atoms. The molecule has 0 radical (unpaired) electrons. The number of anilines is 1. The second kappa shape index (κ2) is 10.1. The SMILES string of the molecule is COc1ccc(Br)cc1C(=O)CCC(=O)OC(C)C(=O)Nc1ccc(F)cc1F. The third-order valence-corrected chi connectivity index (χ3v) is 4.38. The lowest BCUT2D eigenvalue weighted by Gasteiger charge is -2.14. The number of ether oxygens (including phenoxy) is 2. The van der Waals surface area contributed by atoms with E-state index in [0.717, 1.165) is 12.1 Å². The van der Waals surface area contributed by atoms with Gasteiger partial charge in [-0.15, -0.1) is 0 Å². The van der Waals surface area contributed by atoms with Gasteiger partial charge in [-0.05, 0) is 37.3 Å². The molecule has 0 saturated carbocycles. The van der Waals surface area contributed by atoms with Crippen LogP contribution >= 0.6 is 15.9 Å². The number of nitrogens with one attached hydrogen (secondary N) is 1. The first kappa shape index (κ1) is 22.5. The van der Waals surface area contributed by atoms with Gasteiger partial charge in [-0.1, -0.05) is 15.9 Å². The van der Waals surface area contributed by atoms with Gasteiger partial charge in [-0.2, -0.15) is 0 Å². The van der Waals surface area contributed by atoms with Gasteiger partial charge in [0.25, 0.3) is 5.91 Å². The fraction of sp³-hybridized carbons (Fsp3) is 0.250. The Morgan fingerprint density at radius 1 is 1.10 bits per heavy atom. The van der Waals surface area contributed by atoms with Crippen LogP contribution in [0.3, 0.4) is 0 Å². The van der Waals surface area contributed by atoms with Crippen LogP contribution in [0.4, 0.5) is 14.5 Å². The highest BCUT2D eigenvalue weighted by atomic mass is 79.9. The zero-order valence-electron chi connectivity index (χ0n) is 15.6. The van der Waals surface area contributed by atoms with Gasteiger partial charge in [-0.3, -0.25) is 14.4 Å². The van der Waals surface area contributed by atoms with Gasteiger partial charge in [0.2, 0.25) is 0 Å². The Hall–Kier alpha value is -2.81. The third-order valence-electron chi connectivity index (χ3n) is 3.88. The molecule has 2 aromatic rings. The first-order valence-electron chi connectivity index (χ1n) is 8.53. The summed E-state index contributed by atoms with van der Waals surface area (Å²) in [6, 6.07) is 7.58. The number of amides is 1. The van der Waals surface area contributed by atoms with E-state index in [1.54, 1.807) is 18.2 Å². The minimum Gasteiger partial charge on any atom is -0.496 e. The van der Waals surface area contributed by atoms with Crippen LogP contribution in [0.15, 0.2) is 40.9 Å². The van der Waals surface area contributed by atoms with Gasteiger partial charge >= 0.3 is 5.97 Å². The quantitative estimate of drug-likeness (QED) is 0.461. The Bertz CT molecular complexity index is 935. The van der Waals surface area contributed by atoms with Crippen molar-refractivity contribution in [3.05, 3.63) is 58.1 Å². The van der Waals surface area contributed by atoms with Crippen molar-refractivity contribution in [2.24, 2.45) is 0 Å². The predicted octanol–water partition coefficient (Wildman–Crippen LogP) is 4.27. The van der Waals surface area contributed by atoms with Crippen LogP contribution < -0.4 is 10.1 Å². The highest BCUT2D eigenvalue weighted by Crippen LogP contribution is 2.24. The monoisotopic (exact) mass is 469 g/mol. The maximum absolute atomic E-state index is 13.6. The molecule has 29 heavy (non-hydrogen) atoms. The topological polar surface area (TPSA) is 81.7 Å². The largest absolute Gasteiger partial charge is 0.496 e. The molecule has 154 valence electrons. The van der Waals surface area contributed by atoms with Gasteiger partial charge in [0, 0.05) is 17.0 Å². The van der Waals surface area contributed by atoms with E-state index in [-0.39, 0.29) is 24.3 Å². The van der Waals surface area contributed by atoms with E-state index >= 15 is 0 Å². The van der Waals surface area contributed by atoms with Gasteiger partial charge in [0.1, 0.15) is 17.4 Å². The highest BCUT2D eigenvalue weighted by molar-refractivity contribution is 9.10. The van der Waals surface area contributed by atoms with E-state index in [1.807, 2.05) is 0 Å². The van der Waals surface area contributed by atoms with Gasteiger partial charge in [-0.25, -0.2) is 8.78 Å². The number of rotatable bonds is 8. The number of hydrogen-bond acceptors (Lipinski definition) is 5. The molecule has 0 aromatic heterocycles. The average Bonchev–Trinajstić information content (AvgIpc) is 2.68. The lowest BCUT2D eigenvalue weighted by atomic mass is 10.1. The highest BCUT2D eigenvalue weighted by Gasteiger charge is 2.21. The lowest BCUT2D eigenvalue weighted by molar-refractivity contribution is -0.153. The van der Waals surface area contributed by atoms with Crippen LogP contribution in [-0.4, -0.2) is 30.9 Å². The molecular weight excluding hydrogens is 452 g/mol. The summed E-state index contributed by atoms with van der Waals surface area (Å²) in [5.74, 6) is -3.25. The molecular formula is C20H18BrF2NO5. The van der Waals surface area contributed by atoms with E-state index in [4.69, 9.17) is 9.47 Å². The Balaban J connectivity index is 1.89. The number of halogens is 3. The standard InChI is InChI=1S/C20H18BrF2NO5/c1-11(20(27)24-16-5-4-13(22)10-15(16)23)29-19(26)8-6-17(25)14-9-12(21)3-7-18(14)28-2/h3-5,7,9-11H,6,8H2,1-2H3,(H,24,27). The fourth-order valence-electron chi connectivity index (χ4n) is 2.38. The summed E-state index contributed by atoms with van der Waals surface area (Å²) < 4.78 is 37.3. The number of esters is 1. The number of ketones is 1. The zero-order valence-corrected chi connectivity index (χ0v) is 17.2. The van der Waals surface area contributed by atoms with E-state index < -0.39 is 29.6 Å². The number of carbonyl (C=O) groups is 3. The summed E-state index contributed by atoms with van der Waals surface area (Å²) in [6.07, 6.45) is -1.63. The number of hydrogen-bond donors (Lipinski definition) is 1. The summed E-state index contributed by atoms with van der Waals surface area (Å²) in [4.78, 5) is 36.3. The molecule has 1 unspecified atom stereocenters. The Morgan fingerprint density at radius 2 is 1.83 bits per heavy atom. The normalized spacial score (nSPS) is 11.5.